The quantitative estimate of drug-likeness (QED) is 0.607. The fraction of sp³-hybridized carbons (Fsp3) is 0.733. The smallest absolute Gasteiger partial charge is 0.0822 e. The minimum atomic E-state index is 0.297. The van der Waals surface area contributed by atoms with Gasteiger partial charge >= 0.3 is 0 Å². The largest absolute Gasteiger partial charge is 0.370 e. The van der Waals surface area contributed by atoms with E-state index in [1.807, 2.05) is 6.08 Å². The van der Waals surface area contributed by atoms with E-state index in [-0.39, 0.29) is 0 Å². The number of ether oxygens (including phenoxy) is 1. The first-order chi connectivity index (χ1) is 7.90. The van der Waals surface area contributed by atoms with Crippen LogP contribution in [0.3, 0.4) is 0 Å². The van der Waals surface area contributed by atoms with Gasteiger partial charge in [0.25, 0.3) is 0 Å². The molecule has 0 aromatic rings. The third-order valence-corrected chi connectivity index (χ3v) is 4.62. The van der Waals surface area contributed by atoms with Crippen molar-refractivity contribution in [2.75, 3.05) is 0 Å². The van der Waals surface area contributed by atoms with Gasteiger partial charge in [-0.05, 0) is 32.1 Å². The lowest BCUT2D eigenvalue weighted by Crippen LogP contribution is -2.44. The van der Waals surface area contributed by atoms with Gasteiger partial charge in [0.05, 0.1) is 12.2 Å². The molecule has 0 radical (unpaired) electrons. The van der Waals surface area contributed by atoms with Gasteiger partial charge in [-0.2, -0.15) is 0 Å². The third-order valence-electron chi connectivity index (χ3n) is 4.62. The van der Waals surface area contributed by atoms with Crippen molar-refractivity contribution in [1.82, 2.24) is 0 Å². The van der Waals surface area contributed by atoms with Crippen LogP contribution in [-0.4, -0.2) is 12.2 Å². The van der Waals surface area contributed by atoms with Crippen molar-refractivity contribution in [2.24, 2.45) is 11.8 Å². The molecule has 3 aliphatic rings. The Kier molecular flexibility index (Phi) is 2.89. The molecule has 1 heterocycles. The average molecular weight is 218 g/mol. The average Bonchev–Trinajstić information content (AvgIpc) is 2.38. The molecule has 2 aliphatic carbocycles. The second-order valence-electron chi connectivity index (χ2n) is 5.51. The van der Waals surface area contributed by atoms with Crippen molar-refractivity contribution in [2.45, 2.75) is 57.2 Å². The molecule has 0 amide bonds. The maximum atomic E-state index is 6.25. The van der Waals surface area contributed by atoms with Crippen molar-refractivity contribution in [1.29, 1.82) is 0 Å². The van der Waals surface area contributed by atoms with Gasteiger partial charge in [0.2, 0.25) is 0 Å². The van der Waals surface area contributed by atoms with Gasteiger partial charge in [0.1, 0.15) is 0 Å². The van der Waals surface area contributed by atoms with Gasteiger partial charge in [-0.1, -0.05) is 30.6 Å². The first kappa shape index (κ1) is 10.6. The summed E-state index contributed by atoms with van der Waals surface area (Å²) in [7, 11) is 0. The Morgan fingerprint density at radius 1 is 1.12 bits per heavy atom. The molecular weight excluding hydrogens is 196 g/mol. The maximum Gasteiger partial charge on any atom is 0.0822 e. The molecule has 3 rings (SSSR count). The van der Waals surface area contributed by atoms with E-state index in [0.29, 0.717) is 18.1 Å². The van der Waals surface area contributed by atoms with Crippen LogP contribution in [0.1, 0.15) is 44.9 Å². The van der Waals surface area contributed by atoms with Gasteiger partial charge < -0.3 is 4.74 Å². The van der Waals surface area contributed by atoms with Crippen LogP contribution in [0.4, 0.5) is 0 Å². The van der Waals surface area contributed by atoms with Crippen LogP contribution in [0.25, 0.3) is 0 Å². The van der Waals surface area contributed by atoms with Crippen molar-refractivity contribution in [3.63, 3.8) is 0 Å². The van der Waals surface area contributed by atoms with Crippen molar-refractivity contribution in [3.05, 3.63) is 24.3 Å². The van der Waals surface area contributed by atoms with Crippen LogP contribution in [0.5, 0.6) is 0 Å². The molecule has 1 heteroatoms. The molecule has 0 N–H and O–H groups in total. The molecule has 0 aromatic carbocycles. The molecule has 16 heavy (non-hydrogen) atoms. The van der Waals surface area contributed by atoms with Crippen molar-refractivity contribution < 1.29 is 4.74 Å². The van der Waals surface area contributed by atoms with Crippen molar-refractivity contribution >= 4 is 0 Å². The summed E-state index contributed by atoms with van der Waals surface area (Å²) in [5.74, 6) is 1.40. The van der Waals surface area contributed by atoms with Gasteiger partial charge in [-0.3, -0.25) is 0 Å². The van der Waals surface area contributed by atoms with Gasteiger partial charge in [-0.25, -0.2) is 0 Å². The number of hydrogen-bond donors (Lipinski definition) is 0. The van der Waals surface area contributed by atoms with E-state index in [9.17, 15) is 0 Å². The third kappa shape index (κ3) is 1.66. The van der Waals surface area contributed by atoms with Crippen LogP contribution in [-0.2, 0) is 4.74 Å². The standard InChI is InChI=1S/C15H22O/c1-2-14-12-8-4-3-7-11(12)13-9-5-6-10-15(13)16-14/h2,7,12-15H,1,3-6,8-10H2/t12-,13-,14-,15+/m0/s1. The van der Waals surface area contributed by atoms with Gasteiger partial charge in [0, 0.05) is 11.8 Å². The second kappa shape index (κ2) is 4.37. The fourth-order valence-electron chi connectivity index (χ4n) is 3.86. The summed E-state index contributed by atoms with van der Waals surface area (Å²) in [6.45, 7) is 3.96. The molecule has 2 fully saturated rings. The summed E-state index contributed by atoms with van der Waals surface area (Å²) < 4.78 is 6.25. The van der Waals surface area contributed by atoms with Crippen LogP contribution < -0.4 is 0 Å². The number of rotatable bonds is 1. The highest BCUT2D eigenvalue weighted by Gasteiger charge is 2.41. The lowest BCUT2D eigenvalue weighted by atomic mass is 9.69. The summed E-state index contributed by atoms with van der Waals surface area (Å²) in [6, 6.07) is 0. The lowest BCUT2D eigenvalue weighted by Gasteiger charge is -2.46. The molecule has 1 aliphatic heterocycles. The lowest BCUT2D eigenvalue weighted by molar-refractivity contribution is -0.0824. The van der Waals surface area contributed by atoms with E-state index >= 15 is 0 Å². The minimum absolute atomic E-state index is 0.297. The van der Waals surface area contributed by atoms with E-state index in [1.54, 1.807) is 5.57 Å². The molecule has 0 bridgehead atoms. The summed E-state index contributed by atoms with van der Waals surface area (Å²) in [5.41, 5.74) is 1.73. The summed E-state index contributed by atoms with van der Waals surface area (Å²) in [6.07, 6.45) is 14.7. The first-order valence-electron chi connectivity index (χ1n) is 6.88. The highest BCUT2D eigenvalue weighted by molar-refractivity contribution is 5.22. The Balaban J connectivity index is 1.89. The highest BCUT2D eigenvalue weighted by Crippen LogP contribution is 2.46. The normalized spacial score (nSPS) is 42.9. The van der Waals surface area contributed by atoms with Crippen LogP contribution in [0, 0.1) is 11.8 Å². The van der Waals surface area contributed by atoms with E-state index in [4.69, 9.17) is 4.74 Å². The van der Waals surface area contributed by atoms with E-state index in [1.165, 1.54) is 44.9 Å². The Hall–Kier alpha value is -0.560. The van der Waals surface area contributed by atoms with Crippen molar-refractivity contribution in [3.8, 4) is 0 Å². The predicted octanol–water partition coefficient (Wildman–Crippen LogP) is 3.86. The zero-order valence-electron chi connectivity index (χ0n) is 10.0. The van der Waals surface area contributed by atoms with Crippen LogP contribution in [0.15, 0.2) is 24.3 Å². The SMILES string of the molecule is C=C[C@@H]1O[C@@H]2CCCC[C@H]2C2=CCCC[C@@H]21. The van der Waals surface area contributed by atoms with Crippen LogP contribution >= 0.6 is 0 Å². The zero-order chi connectivity index (χ0) is 11.0. The van der Waals surface area contributed by atoms with Gasteiger partial charge in [-0.15, -0.1) is 6.58 Å². The Morgan fingerprint density at radius 2 is 1.94 bits per heavy atom. The second-order valence-corrected chi connectivity index (χ2v) is 5.51. The monoisotopic (exact) mass is 218 g/mol. The Labute approximate surface area is 98.6 Å². The summed E-state index contributed by atoms with van der Waals surface area (Å²) in [5, 5.41) is 0. The number of fused-ring (bicyclic) bond motifs is 3. The number of hydrogen-bond acceptors (Lipinski definition) is 1. The Bertz CT molecular complexity index is 305. The molecule has 1 saturated carbocycles. The van der Waals surface area contributed by atoms with E-state index in [2.05, 4.69) is 12.7 Å². The summed E-state index contributed by atoms with van der Waals surface area (Å²) in [4.78, 5) is 0. The van der Waals surface area contributed by atoms with Crippen LogP contribution in [0.2, 0.25) is 0 Å². The maximum absolute atomic E-state index is 6.25. The fourth-order valence-corrected chi connectivity index (χ4v) is 3.86. The number of allylic oxidation sites excluding steroid dienone is 1. The Morgan fingerprint density at radius 3 is 2.81 bits per heavy atom. The minimum Gasteiger partial charge on any atom is -0.370 e. The van der Waals surface area contributed by atoms with E-state index < -0.39 is 0 Å². The topological polar surface area (TPSA) is 9.23 Å². The molecule has 88 valence electrons. The zero-order valence-corrected chi connectivity index (χ0v) is 10.0. The molecule has 0 aromatic heterocycles. The molecule has 0 spiro atoms. The first-order valence-corrected chi connectivity index (χ1v) is 6.88. The molecule has 0 unspecified atom stereocenters. The predicted molar refractivity (Wildman–Crippen MR) is 66.2 cm³/mol. The van der Waals surface area contributed by atoms with Gasteiger partial charge in [0.15, 0.2) is 0 Å². The molecular formula is C15H22O. The highest BCUT2D eigenvalue weighted by atomic mass is 16.5. The summed E-state index contributed by atoms with van der Waals surface area (Å²) >= 11 is 0. The molecule has 1 nitrogen and oxygen atoms in total. The molecule has 4 atom stereocenters. The molecule has 1 saturated heterocycles. The van der Waals surface area contributed by atoms with E-state index in [0.717, 1.165) is 5.92 Å².